The van der Waals surface area contributed by atoms with E-state index in [1.165, 1.54) is 30.3 Å². The van der Waals surface area contributed by atoms with E-state index < -0.39 is 26.2 Å². The highest BCUT2D eigenvalue weighted by Crippen LogP contribution is 2.41. The van der Waals surface area contributed by atoms with Gasteiger partial charge in [0.15, 0.2) is 0 Å². The van der Waals surface area contributed by atoms with Crippen LogP contribution in [0, 0.1) is 0 Å². The highest BCUT2D eigenvalue weighted by atomic mass is 32.2. The third kappa shape index (κ3) is 6.41. The lowest BCUT2D eigenvalue weighted by molar-refractivity contribution is 0.481. The van der Waals surface area contributed by atoms with E-state index in [1.807, 2.05) is 48.5 Å². The smallest absolute Gasteiger partial charge is 0.294 e. The summed E-state index contributed by atoms with van der Waals surface area (Å²) in [4.78, 5) is 3.68. The first-order valence-electron chi connectivity index (χ1n) is 13.6. The normalized spacial score (nSPS) is 12.2. The van der Waals surface area contributed by atoms with Crippen LogP contribution in [0.4, 0.5) is 11.4 Å². The molecule has 0 aromatic heterocycles. The maximum atomic E-state index is 12.8. The first-order chi connectivity index (χ1) is 19.4. The standard InChI is InChI=1S/C31H36N2O6S2/c1-5-32(6-2)25-15-9-23(10-16-25)30(24-11-17-26(18-12-24)33(7-3)8-4)31-28-21-27(40(34,35)36)19-13-22(28)14-20-29(31)41(37,38)39/h9-21,30H,5-8H2,1-4H3,(H,34,35,36)(H,37,38,39). The van der Waals surface area contributed by atoms with Crippen LogP contribution in [0.5, 0.6) is 0 Å². The first-order valence-corrected chi connectivity index (χ1v) is 16.5. The zero-order chi connectivity index (χ0) is 29.9. The molecule has 0 aliphatic heterocycles. The molecule has 4 rings (SSSR count). The van der Waals surface area contributed by atoms with E-state index in [-0.39, 0.29) is 15.4 Å². The van der Waals surface area contributed by atoms with Crippen LogP contribution in [-0.2, 0) is 20.2 Å². The van der Waals surface area contributed by atoms with Gasteiger partial charge in [-0.2, -0.15) is 16.8 Å². The van der Waals surface area contributed by atoms with Crippen molar-refractivity contribution in [1.82, 2.24) is 0 Å². The number of rotatable bonds is 11. The SMILES string of the molecule is CCN(CC)c1ccc(C(c2ccc(N(CC)CC)cc2)c2c(S(=O)(=O)O)ccc3ccc(S(=O)(=O)O)cc23)cc1. The Hall–Kier alpha value is -3.44. The van der Waals surface area contributed by atoms with Crippen molar-refractivity contribution in [3.8, 4) is 0 Å². The molecule has 218 valence electrons. The first kappa shape index (κ1) is 30.5. The number of benzene rings is 4. The van der Waals surface area contributed by atoms with Gasteiger partial charge in [-0.25, -0.2) is 0 Å². The summed E-state index contributed by atoms with van der Waals surface area (Å²) < 4.78 is 69.8. The van der Waals surface area contributed by atoms with Gasteiger partial charge in [-0.15, -0.1) is 0 Å². The number of fused-ring (bicyclic) bond motifs is 1. The molecule has 0 bridgehead atoms. The largest absolute Gasteiger partial charge is 0.372 e. The summed E-state index contributed by atoms with van der Waals surface area (Å²) in [5.74, 6) is -0.691. The Bertz CT molecular complexity index is 1670. The van der Waals surface area contributed by atoms with Gasteiger partial charge in [0.1, 0.15) is 0 Å². The molecule has 4 aromatic carbocycles. The lowest BCUT2D eigenvalue weighted by atomic mass is 9.82. The van der Waals surface area contributed by atoms with Gasteiger partial charge in [0, 0.05) is 43.5 Å². The molecule has 0 fully saturated rings. The summed E-state index contributed by atoms with van der Waals surface area (Å²) in [7, 11) is -9.30. The lowest BCUT2D eigenvalue weighted by Gasteiger charge is -2.26. The van der Waals surface area contributed by atoms with Gasteiger partial charge in [-0.1, -0.05) is 36.4 Å². The van der Waals surface area contributed by atoms with E-state index in [9.17, 15) is 25.9 Å². The van der Waals surface area contributed by atoms with E-state index in [0.29, 0.717) is 10.8 Å². The molecule has 0 radical (unpaired) electrons. The summed E-state index contributed by atoms with van der Waals surface area (Å²) >= 11 is 0. The fourth-order valence-corrected chi connectivity index (χ4v) is 6.70. The van der Waals surface area contributed by atoms with Gasteiger partial charge in [-0.05, 0) is 97.6 Å². The molecule has 0 heterocycles. The van der Waals surface area contributed by atoms with E-state index in [0.717, 1.165) is 48.7 Å². The summed E-state index contributed by atoms with van der Waals surface area (Å²) in [6.07, 6.45) is 0. The molecular formula is C31H36N2O6S2. The van der Waals surface area contributed by atoms with Gasteiger partial charge < -0.3 is 9.80 Å². The fourth-order valence-electron chi connectivity index (χ4n) is 5.44. The molecule has 41 heavy (non-hydrogen) atoms. The molecule has 0 saturated heterocycles. The van der Waals surface area contributed by atoms with Crippen LogP contribution in [0.25, 0.3) is 10.8 Å². The minimum atomic E-state index is -4.72. The Morgan fingerprint density at radius 3 is 1.44 bits per heavy atom. The zero-order valence-corrected chi connectivity index (χ0v) is 25.3. The van der Waals surface area contributed by atoms with Crippen molar-refractivity contribution in [2.75, 3.05) is 36.0 Å². The van der Waals surface area contributed by atoms with Crippen molar-refractivity contribution in [1.29, 1.82) is 0 Å². The molecule has 0 spiro atoms. The summed E-state index contributed by atoms with van der Waals surface area (Å²) in [5, 5.41) is 0.852. The molecule has 0 atom stereocenters. The minimum absolute atomic E-state index is 0.224. The monoisotopic (exact) mass is 596 g/mol. The van der Waals surface area contributed by atoms with Crippen molar-refractivity contribution in [3.05, 3.63) is 95.6 Å². The molecule has 0 unspecified atom stereocenters. The number of hydrogen-bond donors (Lipinski definition) is 2. The second-order valence-electron chi connectivity index (χ2n) is 9.77. The predicted molar refractivity (Wildman–Crippen MR) is 165 cm³/mol. The van der Waals surface area contributed by atoms with Crippen LogP contribution in [0.3, 0.4) is 0 Å². The topological polar surface area (TPSA) is 115 Å². The molecule has 2 N–H and O–H groups in total. The molecule has 8 nitrogen and oxygen atoms in total. The number of hydrogen-bond acceptors (Lipinski definition) is 6. The van der Waals surface area contributed by atoms with Crippen LogP contribution in [-0.4, -0.2) is 52.1 Å². The molecule has 0 saturated carbocycles. The van der Waals surface area contributed by atoms with E-state index in [4.69, 9.17) is 0 Å². The van der Waals surface area contributed by atoms with Crippen LogP contribution in [0.1, 0.15) is 50.3 Å². The molecule has 0 aliphatic carbocycles. The van der Waals surface area contributed by atoms with Crippen molar-refractivity contribution in [2.24, 2.45) is 0 Å². The second kappa shape index (κ2) is 12.2. The zero-order valence-electron chi connectivity index (χ0n) is 23.6. The Kier molecular flexibility index (Phi) is 9.08. The highest BCUT2D eigenvalue weighted by molar-refractivity contribution is 7.86. The van der Waals surface area contributed by atoms with Crippen molar-refractivity contribution < 1.29 is 25.9 Å². The quantitative estimate of drug-likeness (QED) is 0.155. The van der Waals surface area contributed by atoms with Gasteiger partial charge in [0.25, 0.3) is 20.2 Å². The summed E-state index contributed by atoms with van der Waals surface area (Å²) in [6.45, 7) is 11.6. The Morgan fingerprint density at radius 2 is 1.05 bits per heavy atom. The second-order valence-corrected chi connectivity index (χ2v) is 12.6. The third-order valence-electron chi connectivity index (χ3n) is 7.57. The van der Waals surface area contributed by atoms with E-state index in [1.54, 1.807) is 0 Å². The van der Waals surface area contributed by atoms with Crippen LogP contribution in [0.15, 0.2) is 88.7 Å². The van der Waals surface area contributed by atoms with Crippen LogP contribution in [0.2, 0.25) is 0 Å². The van der Waals surface area contributed by atoms with Gasteiger partial charge in [-0.3, -0.25) is 9.11 Å². The fraction of sp³-hybridized carbons (Fsp3) is 0.290. The Morgan fingerprint density at radius 1 is 0.610 bits per heavy atom. The van der Waals surface area contributed by atoms with Crippen LogP contribution < -0.4 is 9.80 Å². The predicted octanol–water partition coefficient (Wildman–Crippen LogP) is 6.21. The molecule has 10 heteroatoms. The van der Waals surface area contributed by atoms with E-state index >= 15 is 0 Å². The van der Waals surface area contributed by atoms with Gasteiger partial charge in [0.2, 0.25) is 0 Å². The maximum Gasteiger partial charge on any atom is 0.294 e. The lowest BCUT2D eigenvalue weighted by Crippen LogP contribution is -2.22. The van der Waals surface area contributed by atoms with E-state index in [2.05, 4.69) is 37.5 Å². The average Bonchev–Trinajstić information content (AvgIpc) is 2.94. The summed E-state index contributed by atoms with van der Waals surface area (Å²) in [6, 6.07) is 22.5. The highest BCUT2D eigenvalue weighted by Gasteiger charge is 2.28. The van der Waals surface area contributed by atoms with Crippen LogP contribution >= 0.6 is 0 Å². The number of nitrogens with zero attached hydrogens (tertiary/aromatic N) is 2. The van der Waals surface area contributed by atoms with Crippen molar-refractivity contribution >= 4 is 42.4 Å². The third-order valence-corrected chi connectivity index (χ3v) is 9.33. The Labute approximate surface area is 242 Å². The van der Waals surface area contributed by atoms with Crippen molar-refractivity contribution in [2.45, 2.75) is 43.4 Å². The van der Waals surface area contributed by atoms with Gasteiger partial charge in [0.05, 0.1) is 9.79 Å². The Balaban J connectivity index is 2.07. The average molecular weight is 597 g/mol. The summed E-state index contributed by atoms with van der Waals surface area (Å²) in [5.41, 5.74) is 3.76. The molecule has 0 aliphatic rings. The number of anilines is 2. The molecular weight excluding hydrogens is 560 g/mol. The van der Waals surface area contributed by atoms with Gasteiger partial charge >= 0.3 is 0 Å². The molecule has 0 amide bonds. The van der Waals surface area contributed by atoms with Crippen molar-refractivity contribution in [3.63, 3.8) is 0 Å². The molecule has 4 aromatic rings. The maximum absolute atomic E-state index is 12.8. The minimum Gasteiger partial charge on any atom is -0.372 e.